The van der Waals surface area contributed by atoms with Crippen LogP contribution in [0.1, 0.15) is 26.2 Å². The monoisotopic (exact) mass is 826 g/mol. The molecule has 3 aromatic heterocycles. The summed E-state index contributed by atoms with van der Waals surface area (Å²) in [4.78, 5) is 16.4. The van der Waals surface area contributed by atoms with Crippen molar-refractivity contribution < 1.29 is 19.7 Å². The number of benzene rings is 4. The predicted octanol–water partition coefficient (Wildman–Crippen LogP) is 11.0. The number of thiocarbonyl (C=S) groups is 1. The second-order valence-electron chi connectivity index (χ2n) is 11.4. The number of aryl methyl sites for hydroxylation is 1. The molecule has 0 saturated heterocycles. The van der Waals surface area contributed by atoms with E-state index in [1.54, 1.807) is 67.0 Å². The first kappa shape index (κ1) is 45.3. The maximum Gasteiger partial charge on any atom is 0.208 e. The van der Waals surface area contributed by atoms with E-state index in [1.807, 2.05) is 73.3 Å². The minimum absolute atomic E-state index is 0. The molecule has 0 spiro atoms. The molecule has 6 N–H and O–H groups in total. The first-order valence-electron chi connectivity index (χ1n) is 16.5. The molecule has 7 rings (SSSR count). The summed E-state index contributed by atoms with van der Waals surface area (Å²) in [6.07, 6.45) is 3.19. The van der Waals surface area contributed by atoms with Gasteiger partial charge in [-0.2, -0.15) is 4.99 Å². The normalized spacial score (nSPS) is 9.86. The Morgan fingerprint density at radius 2 is 1.28 bits per heavy atom. The Morgan fingerprint density at radius 1 is 0.754 bits per heavy atom. The van der Waals surface area contributed by atoms with Gasteiger partial charge >= 0.3 is 0 Å². The SMILES string of the molecule is C.C.CNc1ccc(Oc2ccnc(CO)c2)cc1N.Cn1c(Nc2ccc(Cl)cc2)nc2cc(Oc3ccnc(CO)c3)ccc21.S=C=Nc1ccc(Cl)cc1. The number of nitrogens with one attached hydrogen (secondary N) is 2. The van der Waals surface area contributed by atoms with E-state index in [4.69, 9.17) is 43.5 Å². The van der Waals surface area contributed by atoms with Gasteiger partial charge in [-0.25, -0.2) is 4.98 Å². The fraction of sp³-hybridized carbons (Fsp3) is 0.143. The number of halogens is 2. The Bertz CT molecular complexity index is 2390. The quantitative estimate of drug-likeness (QED) is 0.0506. The van der Waals surface area contributed by atoms with Crippen LogP contribution in [0.15, 0.2) is 127 Å². The highest BCUT2D eigenvalue weighted by Gasteiger charge is 2.10. The number of pyridine rings is 2. The fourth-order valence-corrected chi connectivity index (χ4v) is 5.26. The second kappa shape index (κ2) is 22.5. The lowest BCUT2D eigenvalue weighted by Gasteiger charge is -2.09. The summed E-state index contributed by atoms with van der Waals surface area (Å²) in [7, 11) is 3.76. The van der Waals surface area contributed by atoms with Gasteiger partial charge in [-0.3, -0.25) is 9.97 Å². The number of isothiocyanates is 1. The number of nitrogens with two attached hydrogens (primary N) is 1. The molecule has 15 heteroatoms. The highest BCUT2D eigenvalue weighted by molar-refractivity contribution is 7.78. The number of nitrogens with zero attached hydrogens (tertiary/aromatic N) is 5. The predicted molar refractivity (Wildman–Crippen MR) is 236 cm³/mol. The van der Waals surface area contributed by atoms with Gasteiger partial charge in [-0.15, -0.1) is 0 Å². The van der Waals surface area contributed by atoms with Crippen LogP contribution in [0.5, 0.6) is 23.0 Å². The van der Waals surface area contributed by atoms with Gasteiger partial charge in [-0.05, 0) is 97.1 Å². The molecule has 0 bridgehead atoms. The molecule has 57 heavy (non-hydrogen) atoms. The van der Waals surface area contributed by atoms with Crippen molar-refractivity contribution in [3.05, 3.63) is 143 Å². The lowest BCUT2D eigenvalue weighted by molar-refractivity contribution is 0.276. The van der Waals surface area contributed by atoms with Crippen molar-refractivity contribution in [2.75, 3.05) is 23.4 Å². The summed E-state index contributed by atoms with van der Waals surface area (Å²) in [6.45, 7) is -0.242. The molecular formula is C42H44Cl2N8O4S. The third-order valence-corrected chi connectivity index (χ3v) is 8.21. The van der Waals surface area contributed by atoms with Crippen molar-refractivity contribution in [3.8, 4) is 23.0 Å². The van der Waals surface area contributed by atoms with Gasteiger partial charge in [0.05, 0.1) is 57.9 Å². The van der Waals surface area contributed by atoms with Crippen LogP contribution in [-0.4, -0.2) is 41.9 Å². The second-order valence-corrected chi connectivity index (χ2v) is 12.5. The average molecular weight is 828 g/mol. The average Bonchev–Trinajstić information content (AvgIpc) is 3.50. The van der Waals surface area contributed by atoms with Gasteiger partial charge in [0.1, 0.15) is 23.0 Å². The molecule has 0 unspecified atom stereocenters. The first-order valence-corrected chi connectivity index (χ1v) is 17.7. The molecule has 0 aliphatic heterocycles. The molecular weight excluding hydrogens is 783 g/mol. The minimum atomic E-state index is -0.129. The number of aromatic nitrogens is 4. The maximum absolute atomic E-state index is 9.19. The summed E-state index contributed by atoms with van der Waals surface area (Å²) < 4.78 is 13.5. The molecule has 4 aromatic carbocycles. The van der Waals surface area contributed by atoms with E-state index in [1.165, 1.54) is 0 Å². The van der Waals surface area contributed by atoms with Crippen molar-refractivity contribution in [1.29, 1.82) is 0 Å². The Balaban J connectivity index is 0.000000251. The highest BCUT2D eigenvalue weighted by Crippen LogP contribution is 2.30. The highest BCUT2D eigenvalue weighted by atomic mass is 35.5. The molecule has 0 radical (unpaired) electrons. The smallest absolute Gasteiger partial charge is 0.208 e. The summed E-state index contributed by atoms with van der Waals surface area (Å²) >= 11 is 16.0. The number of aliphatic imine (C=N–C) groups is 1. The van der Waals surface area contributed by atoms with Crippen molar-refractivity contribution >= 4 is 80.3 Å². The van der Waals surface area contributed by atoms with Crippen LogP contribution < -0.4 is 25.8 Å². The number of hydrogen-bond acceptors (Lipinski definition) is 12. The summed E-state index contributed by atoms with van der Waals surface area (Å²) in [5.74, 6) is 3.25. The van der Waals surface area contributed by atoms with Gasteiger partial charge < -0.3 is 40.6 Å². The Kier molecular flexibility index (Phi) is 17.9. The number of fused-ring (bicyclic) bond motifs is 1. The number of rotatable bonds is 10. The fourth-order valence-electron chi connectivity index (χ4n) is 4.90. The van der Waals surface area contributed by atoms with Crippen LogP contribution in [0, 0.1) is 0 Å². The summed E-state index contributed by atoms with van der Waals surface area (Å²) in [5.41, 5.74) is 11.9. The molecule has 296 valence electrons. The first-order chi connectivity index (χ1) is 26.7. The van der Waals surface area contributed by atoms with Gasteiger partial charge in [0.25, 0.3) is 0 Å². The van der Waals surface area contributed by atoms with Gasteiger partial charge in [0.15, 0.2) is 0 Å². The van der Waals surface area contributed by atoms with Crippen LogP contribution >= 0.6 is 35.4 Å². The van der Waals surface area contributed by atoms with E-state index in [0.717, 1.165) is 34.0 Å². The minimum Gasteiger partial charge on any atom is -0.457 e. The molecule has 0 saturated carbocycles. The van der Waals surface area contributed by atoms with Gasteiger partial charge in [0.2, 0.25) is 5.95 Å². The zero-order valence-corrected chi connectivity index (χ0v) is 32.0. The van der Waals surface area contributed by atoms with Crippen molar-refractivity contribution in [2.45, 2.75) is 28.1 Å². The molecule has 0 aliphatic carbocycles. The molecule has 0 aliphatic rings. The standard InChI is InChI=1S/C20H17ClN4O2.C13H15N3O2.C7H4ClNS.2CH4/c1-25-19-7-6-16(27-17-8-9-22-15(10-17)12-26)11-18(19)24-20(25)23-14-4-2-13(21)3-5-14;1-15-13-3-2-10(7-12(13)14)18-11-4-5-16-9(6-11)8-17;8-6-1-3-7(4-2-6)9-5-10;;/h2-11,26H,12H2,1H3,(H,23,24);2-7,15,17H,8,14H2,1H3;1-4H;2*1H4. The van der Waals surface area contributed by atoms with Crippen LogP contribution in [0.3, 0.4) is 0 Å². The number of anilines is 4. The zero-order valence-electron chi connectivity index (χ0n) is 29.6. The topological polar surface area (TPSA) is 165 Å². The van der Waals surface area contributed by atoms with E-state index in [-0.39, 0.29) is 28.1 Å². The third kappa shape index (κ3) is 13.3. The Hall–Kier alpha value is -6.05. The summed E-state index contributed by atoms with van der Waals surface area (Å²) in [5, 5.41) is 28.1. The molecule has 0 amide bonds. The third-order valence-electron chi connectivity index (χ3n) is 7.62. The number of nitrogen functional groups attached to an aromatic ring is 1. The molecule has 0 fully saturated rings. The lowest BCUT2D eigenvalue weighted by Crippen LogP contribution is -1.98. The maximum atomic E-state index is 9.19. The van der Waals surface area contributed by atoms with Gasteiger partial charge in [-0.1, -0.05) is 38.1 Å². The largest absolute Gasteiger partial charge is 0.457 e. The number of imidazole rings is 1. The molecule has 3 heterocycles. The number of hydrogen-bond donors (Lipinski definition) is 5. The van der Waals surface area contributed by atoms with E-state index < -0.39 is 0 Å². The van der Waals surface area contributed by atoms with Crippen molar-refractivity contribution in [1.82, 2.24) is 19.5 Å². The Morgan fingerprint density at radius 3 is 1.81 bits per heavy atom. The van der Waals surface area contributed by atoms with Crippen LogP contribution in [0.4, 0.5) is 28.7 Å². The molecule has 12 nitrogen and oxygen atoms in total. The summed E-state index contributed by atoms with van der Waals surface area (Å²) in [6, 6.07) is 32.5. The van der Waals surface area contributed by atoms with E-state index >= 15 is 0 Å². The number of ether oxygens (including phenoxy) is 2. The lowest BCUT2D eigenvalue weighted by atomic mass is 10.2. The van der Waals surface area contributed by atoms with E-state index in [2.05, 4.69) is 48.0 Å². The van der Waals surface area contributed by atoms with E-state index in [9.17, 15) is 5.11 Å². The van der Waals surface area contributed by atoms with E-state index in [0.29, 0.717) is 50.1 Å². The number of aliphatic hydroxyl groups is 2. The zero-order chi connectivity index (χ0) is 39.2. The van der Waals surface area contributed by atoms with Crippen LogP contribution in [-0.2, 0) is 20.3 Å². The van der Waals surface area contributed by atoms with Crippen molar-refractivity contribution in [3.63, 3.8) is 0 Å². The van der Waals surface area contributed by atoms with Crippen molar-refractivity contribution in [2.24, 2.45) is 12.0 Å². The van der Waals surface area contributed by atoms with Crippen LogP contribution in [0.2, 0.25) is 10.0 Å². The van der Waals surface area contributed by atoms with Gasteiger partial charge in [0, 0.05) is 66.5 Å². The van der Waals surface area contributed by atoms with Crippen LogP contribution in [0.25, 0.3) is 11.0 Å². The molecule has 7 aromatic rings. The number of aliphatic hydroxyl groups excluding tert-OH is 2. The Labute approximate surface area is 347 Å². The molecule has 0 atom stereocenters.